The van der Waals surface area contributed by atoms with Gasteiger partial charge in [-0.3, -0.25) is 24.6 Å². The quantitative estimate of drug-likeness (QED) is 0.208. The van der Waals surface area contributed by atoms with Gasteiger partial charge in [-0.25, -0.2) is 9.79 Å². The third-order valence-electron chi connectivity index (χ3n) is 2.18. The van der Waals surface area contributed by atoms with Crippen molar-refractivity contribution < 1.29 is 29.0 Å². The topological polar surface area (TPSA) is 177 Å². The van der Waals surface area contributed by atoms with Gasteiger partial charge in [-0.1, -0.05) is 0 Å². The fourth-order valence-corrected chi connectivity index (χ4v) is 1.39. The Labute approximate surface area is 106 Å². The third-order valence-corrected chi connectivity index (χ3v) is 2.18. The van der Waals surface area contributed by atoms with Crippen LogP contribution in [0, 0.1) is 0 Å². The number of rotatable bonds is 7. The molecular weight excluding hydrogens is 262 g/mol. The summed E-state index contributed by atoms with van der Waals surface area (Å²) in [6, 6.07) is 0. The molecule has 0 aromatic rings. The zero-order valence-corrected chi connectivity index (χ0v) is 9.53. The summed E-state index contributed by atoms with van der Waals surface area (Å²) in [5.41, 5.74) is 7.93. The number of carbonyl (C=O) groups excluding carboxylic acids is 3. The summed E-state index contributed by atoms with van der Waals surface area (Å²) >= 11 is 0. The van der Waals surface area contributed by atoms with Crippen molar-refractivity contribution in [3.8, 4) is 0 Å². The van der Waals surface area contributed by atoms with E-state index >= 15 is 0 Å². The Morgan fingerprint density at radius 1 is 1.58 bits per heavy atom. The molecule has 0 fully saturated rings. The molecule has 0 saturated carbocycles. The van der Waals surface area contributed by atoms with Crippen molar-refractivity contribution in [2.24, 2.45) is 16.5 Å². The van der Waals surface area contributed by atoms with Gasteiger partial charge in [-0.2, -0.15) is 0 Å². The van der Waals surface area contributed by atoms with E-state index in [9.17, 15) is 19.2 Å². The Hall–Kier alpha value is -2.69. The molecule has 0 saturated heterocycles. The van der Waals surface area contributed by atoms with E-state index in [4.69, 9.17) is 16.6 Å². The molecule has 0 aromatic heterocycles. The monoisotopic (exact) mass is 273 g/mol. The lowest BCUT2D eigenvalue weighted by Crippen LogP contribution is -2.62. The molecule has 6 N–H and O–H groups in total. The Kier molecular flexibility index (Phi) is 4.01. The van der Waals surface area contributed by atoms with Crippen LogP contribution >= 0.6 is 0 Å². The lowest BCUT2D eigenvalue weighted by Gasteiger charge is -2.29. The highest BCUT2D eigenvalue weighted by molar-refractivity contribution is 6.19. The molecule has 3 amide bonds. The number of ether oxygens (including phenoxy) is 1. The average Bonchev–Trinajstić information content (AvgIpc) is 2.60. The Bertz CT molecular complexity index is 463. The first-order valence-electron chi connectivity index (χ1n) is 4.83. The standard InChI is InChI=1S/C8H11N5O6/c9-5(17)8(6(18)11-7(10)12-8)13(2-14)3-19-1-4(15)16/h2H,1,3H2,(H2,9,17)(H,15,16)(H3,10,11,12,18). The van der Waals surface area contributed by atoms with Crippen molar-refractivity contribution in [1.82, 2.24) is 10.2 Å². The highest BCUT2D eigenvalue weighted by Crippen LogP contribution is 2.20. The number of carboxylic acid groups (broad SMARTS) is 1. The number of guanidine groups is 1. The fourth-order valence-electron chi connectivity index (χ4n) is 1.39. The van der Waals surface area contributed by atoms with Gasteiger partial charge >= 0.3 is 5.97 Å². The number of hydrogen-bond donors (Lipinski definition) is 4. The van der Waals surface area contributed by atoms with E-state index in [1.807, 2.05) is 5.32 Å². The van der Waals surface area contributed by atoms with Gasteiger partial charge in [0.25, 0.3) is 17.5 Å². The van der Waals surface area contributed by atoms with E-state index < -0.39 is 42.7 Å². The summed E-state index contributed by atoms with van der Waals surface area (Å²) in [4.78, 5) is 48.3. The maximum Gasteiger partial charge on any atom is 0.329 e. The number of aliphatic imine (C=N–C) groups is 1. The summed E-state index contributed by atoms with van der Waals surface area (Å²) < 4.78 is 4.62. The van der Waals surface area contributed by atoms with Gasteiger partial charge in [0.05, 0.1) is 0 Å². The van der Waals surface area contributed by atoms with Gasteiger partial charge < -0.3 is 21.3 Å². The van der Waals surface area contributed by atoms with E-state index in [0.29, 0.717) is 4.90 Å². The normalized spacial score (nSPS) is 21.5. The Morgan fingerprint density at radius 3 is 2.58 bits per heavy atom. The number of nitrogens with zero attached hydrogens (tertiary/aromatic N) is 2. The second-order valence-electron chi connectivity index (χ2n) is 3.43. The van der Waals surface area contributed by atoms with Gasteiger partial charge in [0.1, 0.15) is 13.3 Å². The summed E-state index contributed by atoms with van der Waals surface area (Å²) in [5, 5.41) is 10.4. The van der Waals surface area contributed by atoms with E-state index in [1.165, 1.54) is 0 Å². The predicted molar refractivity (Wildman–Crippen MR) is 58.0 cm³/mol. The van der Waals surface area contributed by atoms with E-state index in [1.54, 1.807) is 0 Å². The Balaban J connectivity index is 2.97. The van der Waals surface area contributed by atoms with E-state index in [-0.39, 0.29) is 6.41 Å². The third kappa shape index (κ3) is 2.60. The highest BCUT2D eigenvalue weighted by Gasteiger charge is 2.54. The van der Waals surface area contributed by atoms with Crippen LogP contribution < -0.4 is 16.8 Å². The SMILES string of the molecule is NC(=O)C1(N(C=O)COCC(=O)O)N=C(N)NC1=O. The van der Waals surface area contributed by atoms with Crippen LogP contribution in [-0.4, -0.2) is 59.2 Å². The number of aliphatic carboxylic acids is 1. The zero-order chi connectivity index (χ0) is 14.6. The first kappa shape index (κ1) is 14.4. The number of carboxylic acids is 1. The molecule has 0 bridgehead atoms. The first-order chi connectivity index (χ1) is 8.84. The molecule has 0 radical (unpaired) electrons. The molecule has 1 heterocycles. The van der Waals surface area contributed by atoms with Gasteiger partial charge in [-0.15, -0.1) is 0 Å². The lowest BCUT2D eigenvalue weighted by atomic mass is 10.1. The number of nitrogens with two attached hydrogens (primary N) is 2. The minimum absolute atomic E-state index is 0.0777. The van der Waals surface area contributed by atoms with Gasteiger partial charge in [0.2, 0.25) is 6.41 Å². The summed E-state index contributed by atoms with van der Waals surface area (Å²) in [6.45, 7) is -1.41. The molecular formula is C8H11N5O6. The summed E-state index contributed by atoms with van der Waals surface area (Å²) in [6.07, 6.45) is 0.0777. The lowest BCUT2D eigenvalue weighted by molar-refractivity contribution is -0.157. The molecule has 1 aliphatic heterocycles. The number of nitrogens with one attached hydrogen (secondary N) is 1. The maximum atomic E-state index is 11.7. The molecule has 0 aliphatic carbocycles. The first-order valence-corrected chi connectivity index (χ1v) is 4.83. The Morgan fingerprint density at radius 2 is 2.21 bits per heavy atom. The van der Waals surface area contributed by atoms with Crippen molar-refractivity contribution in [2.75, 3.05) is 13.3 Å². The molecule has 19 heavy (non-hydrogen) atoms. The number of amides is 3. The zero-order valence-electron chi connectivity index (χ0n) is 9.53. The maximum absolute atomic E-state index is 11.7. The van der Waals surface area contributed by atoms with Crippen LogP contribution in [0.4, 0.5) is 0 Å². The van der Waals surface area contributed by atoms with Crippen molar-refractivity contribution in [1.29, 1.82) is 0 Å². The predicted octanol–water partition coefficient (Wildman–Crippen LogP) is -3.87. The van der Waals surface area contributed by atoms with Crippen LogP contribution in [0.1, 0.15) is 0 Å². The molecule has 0 spiro atoms. The molecule has 1 unspecified atom stereocenters. The largest absolute Gasteiger partial charge is 0.480 e. The summed E-state index contributed by atoms with van der Waals surface area (Å²) in [5.74, 6) is -3.97. The summed E-state index contributed by atoms with van der Waals surface area (Å²) in [7, 11) is 0. The average molecular weight is 273 g/mol. The number of primary amides is 1. The second kappa shape index (κ2) is 5.30. The smallest absolute Gasteiger partial charge is 0.329 e. The molecule has 0 aromatic carbocycles. The van der Waals surface area contributed by atoms with Gasteiger partial charge in [0.15, 0.2) is 5.96 Å². The molecule has 104 valence electrons. The molecule has 1 rings (SSSR count). The molecule has 11 nitrogen and oxygen atoms in total. The molecule has 1 aliphatic rings. The van der Waals surface area contributed by atoms with Gasteiger partial charge in [-0.05, 0) is 0 Å². The van der Waals surface area contributed by atoms with E-state index in [2.05, 4.69) is 9.73 Å². The van der Waals surface area contributed by atoms with Crippen LogP contribution in [-0.2, 0) is 23.9 Å². The van der Waals surface area contributed by atoms with Crippen molar-refractivity contribution in [3.05, 3.63) is 0 Å². The van der Waals surface area contributed by atoms with Crippen LogP contribution in [0.15, 0.2) is 4.99 Å². The van der Waals surface area contributed by atoms with Crippen LogP contribution in [0.2, 0.25) is 0 Å². The van der Waals surface area contributed by atoms with Crippen molar-refractivity contribution >= 4 is 30.2 Å². The molecule has 11 heteroatoms. The minimum atomic E-state index is -2.37. The number of hydrogen-bond acceptors (Lipinski definition) is 7. The second-order valence-corrected chi connectivity index (χ2v) is 3.43. The minimum Gasteiger partial charge on any atom is -0.480 e. The van der Waals surface area contributed by atoms with E-state index in [0.717, 1.165) is 0 Å². The fraction of sp³-hybridized carbons (Fsp3) is 0.375. The molecule has 1 atom stereocenters. The number of carbonyl (C=O) groups is 4. The van der Waals surface area contributed by atoms with Crippen LogP contribution in [0.3, 0.4) is 0 Å². The van der Waals surface area contributed by atoms with Crippen LogP contribution in [0.5, 0.6) is 0 Å². The highest BCUT2D eigenvalue weighted by atomic mass is 16.5. The van der Waals surface area contributed by atoms with Crippen molar-refractivity contribution in [3.63, 3.8) is 0 Å². The van der Waals surface area contributed by atoms with Crippen LogP contribution in [0.25, 0.3) is 0 Å². The van der Waals surface area contributed by atoms with Crippen molar-refractivity contribution in [2.45, 2.75) is 5.66 Å². The van der Waals surface area contributed by atoms with Gasteiger partial charge in [0, 0.05) is 0 Å².